The minimum atomic E-state index is -0.117. The molecule has 0 spiro atoms. The molecule has 30 heavy (non-hydrogen) atoms. The summed E-state index contributed by atoms with van der Waals surface area (Å²) in [7, 11) is 4.85. The van der Waals surface area contributed by atoms with Crippen LogP contribution in [0.3, 0.4) is 0 Å². The zero-order chi connectivity index (χ0) is 21.5. The first-order chi connectivity index (χ1) is 14.6. The van der Waals surface area contributed by atoms with Gasteiger partial charge in [-0.3, -0.25) is 4.79 Å². The van der Waals surface area contributed by atoms with E-state index < -0.39 is 0 Å². The molecular weight excluding hydrogens is 380 g/mol. The summed E-state index contributed by atoms with van der Waals surface area (Å²) in [5.74, 6) is 1.90. The molecule has 3 rings (SSSR count). The van der Waals surface area contributed by atoms with Gasteiger partial charge in [-0.2, -0.15) is 0 Å². The van der Waals surface area contributed by atoms with Crippen molar-refractivity contribution >= 4 is 11.6 Å². The second-order valence-corrected chi connectivity index (χ2v) is 7.29. The van der Waals surface area contributed by atoms with Gasteiger partial charge in [0.15, 0.2) is 11.5 Å². The number of ether oxygens (including phenoxy) is 3. The van der Waals surface area contributed by atoms with Gasteiger partial charge in [-0.05, 0) is 43.5 Å². The van der Waals surface area contributed by atoms with E-state index in [0.29, 0.717) is 23.5 Å². The molecule has 2 aromatic carbocycles. The fourth-order valence-corrected chi connectivity index (χ4v) is 3.95. The highest BCUT2D eigenvalue weighted by Crippen LogP contribution is 2.33. The van der Waals surface area contributed by atoms with Gasteiger partial charge in [0.25, 0.3) is 5.91 Å². The number of hydrogen-bond donors (Lipinski definition) is 1. The molecule has 1 aliphatic rings. The number of allylic oxidation sites excluding steroid dienone is 1. The Morgan fingerprint density at radius 1 is 1.17 bits per heavy atom. The molecular formula is C24H30N2O4. The van der Waals surface area contributed by atoms with Crippen LogP contribution in [0.25, 0.3) is 0 Å². The summed E-state index contributed by atoms with van der Waals surface area (Å²) in [5, 5.41) is 3.19. The van der Waals surface area contributed by atoms with Crippen LogP contribution in [0.5, 0.6) is 17.2 Å². The molecule has 2 aromatic rings. The summed E-state index contributed by atoms with van der Waals surface area (Å²) in [6.07, 6.45) is 4.30. The van der Waals surface area contributed by atoms with Crippen LogP contribution >= 0.6 is 0 Å². The summed E-state index contributed by atoms with van der Waals surface area (Å²) in [6, 6.07) is 11.6. The van der Waals surface area contributed by atoms with Gasteiger partial charge in [-0.25, -0.2) is 0 Å². The number of carbonyl (C=O) groups excluding carboxylic acids is 1. The quantitative estimate of drug-likeness (QED) is 0.670. The van der Waals surface area contributed by atoms with Gasteiger partial charge in [0, 0.05) is 30.3 Å². The fraction of sp³-hybridized carbons (Fsp3) is 0.375. The van der Waals surface area contributed by atoms with Crippen molar-refractivity contribution in [3.05, 3.63) is 60.2 Å². The lowest BCUT2D eigenvalue weighted by atomic mass is 10.0. The number of rotatable bonds is 8. The van der Waals surface area contributed by atoms with Crippen LogP contribution in [0.15, 0.2) is 49.1 Å². The summed E-state index contributed by atoms with van der Waals surface area (Å²) in [5.41, 5.74) is 2.48. The van der Waals surface area contributed by atoms with Crippen LogP contribution < -0.4 is 24.4 Å². The number of nitrogens with one attached hydrogen (secondary N) is 1. The normalized spacial score (nSPS) is 16.0. The predicted molar refractivity (Wildman–Crippen MR) is 119 cm³/mol. The van der Waals surface area contributed by atoms with Gasteiger partial charge in [0.1, 0.15) is 5.75 Å². The SMILES string of the molecule is C=CCc1cc(C(=O)NC2CCCN(c3ccccc3OC)C2)cc(OC)c1OC. The standard InChI is InChI=1S/C24H30N2O4/c1-5-9-17-14-18(15-22(29-3)23(17)30-4)24(27)25-19-10-8-13-26(16-19)20-11-6-7-12-21(20)28-2/h5-7,11-12,14-15,19H,1,8-10,13,16H2,2-4H3,(H,25,27). The number of methoxy groups -OCH3 is 3. The van der Waals surface area contributed by atoms with Crippen molar-refractivity contribution in [1.29, 1.82) is 0 Å². The first-order valence-electron chi connectivity index (χ1n) is 10.2. The molecule has 1 unspecified atom stereocenters. The van der Waals surface area contributed by atoms with E-state index in [-0.39, 0.29) is 11.9 Å². The Bertz CT molecular complexity index is 897. The number of nitrogens with zero attached hydrogens (tertiary/aromatic N) is 1. The number of hydrogen-bond acceptors (Lipinski definition) is 5. The predicted octanol–water partition coefficient (Wildman–Crippen LogP) is 3.84. The van der Waals surface area contributed by atoms with Crippen molar-refractivity contribution in [1.82, 2.24) is 5.32 Å². The Kier molecular flexibility index (Phi) is 7.22. The molecule has 1 saturated heterocycles. The maximum atomic E-state index is 13.0. The number of piperidine rings is 1. The average molecular weight is 411 g/mol. The molecule has 1 amide bonds. The molecule has 1 heterocycles. The second kappa shape index (κ2) is 10.1. The Morgan fingerprint density at radius 3 is 2.63 bits per heavy atom. The number of amides is 1. The molecule has 6 heteroatoms. The number of benzene rings is 2. The van der Waals surface area contributed by atoms with E-state index in [4.69, 9.17) is 14.2 Å². The Morgan fingerprint density at radius 2 is 1.93 bits per heavy atom. The van der Waals surface area contributed by atoms with Gasteiger partial charge < -0.3 is 24.4 Å². The van der Waals surface area contributed by atoms with E-state index in [1.54, 1.807) is 33.5 Å². The third kappa shape index (κ3) is 4.70. The maximum Gasteiger partial charge on any atom is 0.251 e. The van der Waals surface area contributed by atoms with E-state index in [1.807, 2.05) is 24.3 Å². The molecule has 1 N–H and O–H groups in total. The minimum absolute atomic E-state index is 0.0483. The Balaban J connectivity index is 1.77. The van der Waals surface area contributed by atoms with Gasteiger partial charge in [0.2, 0.25) is 0 Å². The van der Waals surface area contributed by atoms with Gasteiger partial charge >= 0.3 is 0 Å². The minimum Gasteiger partial charge on any atom is -0.495 e. The van der Waals surface area contributed by atoms with Crippen LogP contribution in [0, 0.1) is 0 Å². The molecule has 6 nitrogen and oxygen atoms in total. The van der Waals surface area contributed by atoms with E-state index in [2.05, 4.69) is 22.9 Å². The zero-order valence-corrected chi connectivity index (χ0v) is 17.9. The monoisotopic (exact) mass is 410 g/mol. The number of carbonyl (C=O) groups is 1. The van der Waals surface area contributed by atoms with E-state index in [1.165, 1.54) is 0 Å². The molecule has 0 saturated carbocycles. The lowest BCUT2D eigenvalue weighted by molar-refractivity contribution is 0.0932. The summed E-state index contributed by atoms with van der Waals surface area (Å²) >= 11 is 0. The summed E-state index contributed by atoms with van der Waals surface area (Å²) < 4.78 is 16.4. The molecule has 160 valence electrons. The van der Waals surface area contributed by atoms with Gasteiger partial charge in [-0.1, -0.05) is 18.2 Å². The lowest BCUT2D eigenvalue weighted by Gasteiger charge is -2.35. The topological polar surface area (TPSA) is 60.0 Å². The van der Waals surface area contributed by atoms with E-state index >= 15 is 0 Å². The lowest BCUT2D eigenvalue weighted by Crippen LogP contribution is -2.48. The van der Waals surface area contributed by atoms with Crippen molar-refractivity contribution in [2.24, 2.45) is 0 Å². The summed E-state index contributed by atoms with van der Waals surface area (Å²) in [6.45, 7) is 5.47. The largest absolute Gasteiger partial charge is 0.495 e. The van der Waals surface area contributed by atoms with Gasteiger partial charge in [0.05, 0.1) is 27.0 Å². The maximum absolute atomic E-state index is 13.0. The third-order valence-corrected chi connectivity index (χ3v) is 5.36. The van der Waals surface area contributed by atoms with Crippen molar-refractivity contribution in [2.45, 2.75) is 25.3 Å². The highest BCUT2D eigenvalue weighted by molar-refractivity contribution is 5.95. The van der Waals surface area contributed by atoms with E-state index in [0.717, 1.165) is 42.9 Å². The Hall–Kier alpha value is -3.15. The van der Waals surface area contributed by atoms with Crippen LogP contribution in [-0.4, -0.2) is 46.4 Å². The molecule has 1 fully saturated rings. The second-order valence-electron chi connectivity index (χ2n) is 7.29. The molecule has 0 bridgehead atoms. The van der Waals surface area contributed by atoms with Crippen molar-refractivity contribution in [3.8, 4) is 17.2 Å². The third-order valence-electron chi connectivity index (χ3n) is 5.36. The van der Waals surface area contributed by atoms with Crippen molar-refractivity contribution < 1.29 is 19.0 Å². The molecule has 0 aromatic heterocycles. The highest BCUT2D eigenvalue weighted by Gasteiger charge is 2.24. The molecule has 0 aliphatic carbocycles. The summed E-state index contributed by atoms with van der Waals surface area (Å²) in [4.78, 5) is 15.3. The Labute approximate surface area is 178 Å². The molecule has 0 radical (unpaired) electrons. The van der Waals surface area contributed by atoms with E-state index in [9.17, 15) is 4.79 Å². The fourth-order valence-electron chi connectivity index (χ4n) is 3.95. The van der Waals surface area contributed by atoms with Crippen molar-refractivity contribution in [2.75, 3.05) is 39.3 Å². The zero-order valence-electron chi connectivity index (χ0n) is 17.9. The number of para-hydroxylation sites is 2. The molecule has 1 aliphatic heterocycles. The van der Waals surface area contributed by atoms with Crippen LogP contribution in [0.4, 0.5) is 5.69 Å². The first-order valence-corrected chi connectivity index (χ1v) is 10.2. The van der Waals surface area contributed by atoms with Crippen LogP contribution in [0.1, 0.15) is 28.8 Å². The first kappa shape index (κ1) is 21.6. The highest BCUT2D eigenvalue weighted by atomic mass is 16.5. The van der Waals surface area contributed by atoms with Gasteiger partial charge in [-0.15, -0.1) is 6.58 Å². The van der Waals surface area contributed by atoms with Crippen LogP contribution in [0.2, 0.25) is 0 Å². The van der Waals surface area contributed by atoms with Crippen LogP contribution in [-0.2, 0) is 6.42 Å². The molecule has 1 atom stereocenters. The number of anilines is 1. The van der Waals surface area contributed by atoms with Crippen molar-refractivity contribution in [3.63, 3.8) is 0 Å². The smallest absolute Gasteiger partial charge is 0.251 e. The average Bonchev–Trinajstić information content (AvgIpc) is 2.78.